The van der Waals surface area contributed by atoms with Crippen LogP contribution in [0.3, 0.4) is 0 Å². The zero-order valence-corrected chi connectivity index (χ0v) is 9.46. The van der Waals surface area contributed by atoms with Crippen molar-refractivity contribution in [1.82, 2.24) is 0 Å². The van der Waals surface area contributed by atoms with Crippen LogP contribution in [0, 0.1) is 5.92 Å². The first-order chi connectivity index (χ1) is 7.65. The molecule has 0 spiro atoms. The van der Waals surface area contributed by atoms with Crippen molar-refractivity contribution >= 4 is 12.0 Å². The first kappa shape index (κ1) is 12.5. The summed E-state index contributed by atoms with van der Waals surface area (Å²) in [4.78, 5) is 10.8. The molecule has 0 aliphatic heterocycles. The van der Waals surface area contributed by atoms with E-state index in [2.05, 4.69) is 0 Å². The van der Waals surface area contributed by atoms with Crippen LogP contribution in [0.15, 0.2) is 36.4 Å². The molecule has 1 aromatic rings. The minimum absolute atomic E-state index is 0.405. The number of hydrogen-bond donors (Lipinski definition) is 1. The Morgan fingerprint density at radius 1 is 1.38 bits per heavy atom. The molecule has 0 aliphatic carbocycles. The second-order valence-electron chi connectivity index (χ2n) is 3.60. The van der Waals surface area contributed by atoms with Gasteiger partial charge in [-0.15, -0.1) is 0 Å². The first-order valence-electron chi connectivity index (χ1n) is 5.14. The van der Waals surface area contributed by atoms with E-state index in [0.717, 1.165) is 5.56 Å². The van der Waals surface area contributed by atoms with Crippen LogP contribution < -0.4 is 0 Å². The van der Waals surface area contributed by atoms with Gasteiger partial charge >= 0.3 is 5.97 Å². The van der Waals surface area contributed by atoms with Crippen molar-refractivity contribution in [3.05, 3.63) is 42.0 Å². The Balaban J connectivity index is 2.70. The molecule has 0 aromatic heterocycles. The highest BCUT2D eigenvalue weighted by atomic mass is 16.5. The topological polar surface area (TPSA) is 46.5 Å². The average molecular weight is 220 g/mol. The van der Waals surface area contributed by atoms with Gasteiger partial charge < -0.3 is 9.84 Å². The maximum absolute atomic E-state index is 10.8. The maximum atomic E-state index is 10.8. The Morgan fingerprint density at radius 2 is 2.00 bits per heavy atom. The van der Waals surface area contributed by atoms with E-state index in [-0.39, 0.29) is 0 Å². The van der Waals surface area contributed by atoms with Crippen molar-refractivity contribution < 1.29 is 14.6 Å². The summed E-state index contributed by atoms with van der Waals surface area (Å²) < 4.78 is 5.13. The smallest absolute Gasteiger partial charge is 0.309 e. The normalized spacial score (nSPS) is 14.9. The van der Waals surface area contributed by atoms with Gasteiger partial charge in [-0.3, -0.25) is 4.79 Å². The molecule has 0 saturated carbocycles. The van der Waals surface area contributed by atoms with E-state index in [0.29, 0.717) is 0 Å². The molecule has 1 rings (SSSR count). The molecular weight excluding hydrogens is 204 g/mol. The lowest BCUT2D eigenvalue weighted by molar-refractivity contribution is -0.144. The van der Waals surface area contributed by atoms with Crippen LogP contribution in [0.25, 0.3) is 6.08 Å². The Labute approximate surface area is 95.4 Å². The molecule has 0 saturated heterocycles. The van der Waals surface area contributed by atoms with Gasteiger partial charge in [0.2, 0.25) is 0 Å². The summed E-state index contributed by atoms with van der Waals surface area (Å²) in [7, 11) is 1.51. The van der Waals surface area contributed by atoms with Gasteiger partial charge in [0.05, 0.1) is 12.0 Å². The van der Waals surface area contributed by atoms with Crippen LogP contribution in [0.1, 0.15) is 12.5 Å². The quantitative estimate of drug-likeness (QED) is 0.829. The molecule has 1 aromatic carbocycles. The molecule has 0 radical (unpaired) electrons. The summed E-state index contributed by atoms with van der Waals surface area (Å²) in [5.41, 5.74) is 1.03. The second-order valence-corrected chi connectivity index (χ2v) is 3.60. The summed E-state index contributed by atoms with van der Waals surface area (Å²) >= 11 is 0. The minimum atomic E-state index is -0.857. The second kappa shape index (κ2) is 6.08. The molecule has 3 heteroatoms. The van der Waals surface area contributed by atoms with E-state index in [1.165, 1.54) is 7.11 Å². The number of carboxylic acid groups (broad SMARTS) is 1. The molecule has 0 unspecified atom stereocenters. The molecule has 86 valence electrons. The molecule has 1 N–H and O–H groups in total. The summed E-state index contributed by atoms with van der Waals surface area (Å²) in [6.45, 7) is 1.63. The SMILES string of the molecule is CO[C@@H](/C=C/c1ccccc1)[C@@H](C)C(=O)O. The molecule has 0 fully saturated rings. The highest BCUT2D eigenvalue weighted by Crippen LogP contribution is 2.11. The Bertz CT molecular complexity index is 357. The van der Waals surface area contributed by atoms with Crippen LogP contribution in [0.5, 0.6) is 0 Å². The highest BCUT2D eigenvalue weighted by Gasteiger charge is 2.20. The number of methoxy groups -OCH3 is 1. The predicted molar refractivity (Wildman–Crippen MR) is 63.1 cm³/mol. The molecule has 0 bridgehead atoms. The van der Waals surface area contributed by atoms with Crippen LogP contribution >= 0.6 is 0 Å². The monoisotopic (exact) mass is 220 g/mol. The molecule has 16 heavy (non-hydrogen) atoms. The summed E-state index contributed by atoms with van der Waals surface area (Å²) in [6.07, 6.45) is 3.24. The fraction of sp³-hybridized carbons (Fsp3) is 0.308. The van der Waals surface area contributed by atoms with E-state index in [1.54, 1.807) is 13.0 Å². The summed E-state index contributed by atoms with van der Waals surface area (Å²) in [5.74, 6) is -1.41. The van der Waals surface area contributed by atoms with Crippen LogP contribution in [0.2, 0.25) is 0 Å². The molecule has 0 amide bonds. The standard InChI is InChI=1S/C13H16O3/c1-10(13(14)15)12(16-2)9-8-11-6-4-3-5-7-11/h3-10,12H,1-2H3,(H,14,15)/b9-8+/t10-,12+/m1/s1. The zero-order valence-electron chi connectivity index (χ0n) is 9.46. The zero-order chi connectivity index (χ0) is 12.0. The minimum Gasteiger partial charge on any atom is -0.481 e. The molecule has 2 atom stereocenters. The van der Waals surface area contributed by atoms with Gasteiger partial charge in [-0.1, -0.05) is 42.5 Å². The largest absolute Gasteiger partial charge is 0.481 e. The van der Waals surface area contributed by atoms with Gasteiger partial charge in [0.25, 0.3) is 0 Å². The number of aliphatic carboxylic acids is 1. The van der Waals surface area contributed by atoms with Crippen LogP contribution in [-0.4, -0.2) is 24.3 Å². The predicted octanol–water partition coefficient (Wildman–Crippen LogP) is 2.44. The average Bonchev–Trinajstić information content (AvgIpc) is 2.30. The Hall–Kier alpha value is -1.61. The van der Waals surface area contributed by atoms with E-state index < -0.39 is 18.0 Å². The lowest BCUT2D eigenvalue weighted by Gasteiger charge is -2.15. The molecule has 0 aliphatic rings. The number of carboxylic acids is 1. The van der Waals surface area contributed by atoms with E-state index in [4.69, 9.17) is 9.84 Å². The summed E-state index contributed by atoms with van der Waals surface area (Å²) in [6, 6.07) is 9.71. The Kier molecular flexibility index (Phi) is 4.73. The summed E-state index contributed by atoms with van der Waals surface area (Å²) in [5, 5.41) is 8.87. The van der Waals surface area contributed by atoms with Gasteiger partial charge in [0.1, 0.15) is 0 Å². The van der Waals surface area contributed by atoms with Gasteiger partial charge in [0, 0.05) is 7.11 Å². The van der Waals surface area contributed by atoms with Crippen molar-refractivity contribution in [1.29, 1.82) is 0 Å². The van der Waals surface area contributed by atoms with Crippen molar-refractivity contribution in [2.45, 2.75) is 13.0 Å². The number of rotatable bonds is 5. The van der Waals surface area contributed by atoms with Crippen molar-refractivity contribution in [3.63, 3.8) is 0 Å². The fourth-order valence-corrected chi connectivity index (χ4v) is 1.36. The van der Waals surface area contributed by atoms with Crippen LogP contribution in [0.4, 0.5) is 0 Å². The Morgan fingerprint density at radius 3 is 2.50 bits per heavy atom. The van der Waals surface area contributed by atoms with Gasteiger partial charge in [-0.25, -0.2) is 0 Å². The lowest BCUT2D eigenvalue weighted by Crippen LogP contribution is -2.25. The maximum Gasteiger partial charge on any atom is 0.309 e. The van der Waals surface area contributed by atoms with Crippen molar-refractivity contribution in [2.24, 2.45) is 5.92 Å². The third kappa shape index (κ3) is 3.51. The van der Waals surface area contributed by atoms with Crippen molar-refractivity contribution in [3.8, 4) is 0 Å². The third-order valence-corrected chi connectivity index (χ3v) is 2.43. The van der Waals surface area contributed by atoms with Gasteiger partial charge in [-0.2, -0.15) is 0 Å². The number of benzene rings is 1. The number of carbonyl (C=O) groups is 1. The van der Waals surface area contributed by atoms with Crippen LogP contribution in [-0.2, 0) is 9.53 Å². The molecule has 0 heterocycles. The first-order valence-corrected chi connectivity index (χ1v) is 5.14. The third-order valence-electron chi connectivity index (χ3n) is 2.43. The highest BCUT2D eigenvalue weighted by molar-refractivity contribution is 5.71. The fourth-order valence-electron chi connectivity index (χ4n) is 1.36. The van der Waals surface area contributed by atoms with Gasteiger partial charge in [-0.05, 0) is 12.5 Å². The number of hydrogen-bond acceptors (Lipinski definition) is 2. The van der Waals surface area contributed by atoms with E-state index >= 15 is 0 Å². The van der Waals surface area contributed by atoms with Gasteiger partial charge in [0.15, 0.2) is 0 Å². The van der Waals surface area contributed by atoms with Crippen molar-refractivity contribution in [2.75, 3.05) is 7.11 Å². The molecular formula is C13H16O3. The number of ether oxygens (including phenoxy) is 1. The lowest BCUT2D eigenvalue weighted by atomic mass is 10.0. The molecule has 3 nitrogen and oxygen atoms in total. The van der Waals surface area contributed by atoms with E-state index in [9.17, 15) is 4.79 Å². The van der Waals surface area contributed by atoms with E-state index in [1.807, 2.05) is 36.4 Å².